The summed E-state index contributed by atoms with van der Waals surface area (Å²) >= 11 is 12.2. The van der Waals surface area contributed by atoms with Crippen LogP contribution in [0.15, 0.2) is 60.8 Å². The molecule has 184 valence electrons. The first-order valence-corrected chi connectivity index (χ1v) is 12.4. The highest BCUT2D eigenvalue weighted by Crippen LogP contribution is 2.24. The molecule has 1 aliphatic heterocycles. The summed E-state index contributed by atoms with van der Waals surface area (Å²) in [6.45, 7) is 8.18. The molecule has 1 aliphatic rings. The Morgan fingerprint density at radius 3 is 2.57 bits per heavy atom. The van der Waals surface area contributed by atoms with Crippen molar-refractivity contribution in [3.05, 3.63) is 87.5 Å². The van der Waals surface area contributed by atoms with Gasteiger partial charge in [-0.1, -0.05) is 41.4 Å². The van der Waals surface area contributed by atoms with E-state index in [0.717, 1.165) is 44.0 Å². The molecule has 6 nitrogen and oxygen atoms in total. The summed E-state index contributed by atoms with van der Waals surface area (Å²) < 4.78 is 11.4. The van der Waals surface area contributed by atoms with Crippen molar-refractivity contribution in [2.75, 3.05) is 31.1 Å². The predicted octanol–water partition coefficient (Wildman–Crippen LogP) is 5.85. The van der Waals surface area contributed by atoms with Gasteiger partial charge in [-0.05, 0) is 55.8 Å². The van der Waals surface area contributed by atoms with Gasteiger partial charge in [-0.3, -0.25) is 4.90 Å². The molecule has 0 aliphatic carbocycles. The molecule has 1 saturated heterocycles. The summed E-state index contributed by atoms with van der Waals surface area (Å²) in [6.07, 6.45) is 1.55. The monoisotopic (exact) mass is 513 g/mol. The van der Waals surface area contributed by atoms with Crippen LogP contribution in [-0.4, -0.2) is 48.1 Å². The highest BCUT2D eigenvalue weighted by atomic mass is 35.5. The van der Waals surface area contributed by atoms with Gasteiger partial charge in [0.25, 0.3) is 0 Å². The standard InChI is InChI=1S/C27H29Cl2N3O3/c1-19(2)35-27(33)24-7-4-10-30-26(24)32-13-11-31(12-14-32)17-20-5-3-6-23(15-20)34-18-21-8-9-22(28)16-25(21)29/h3-10,15-16,19H,11-14,17-18H2,1-2H3. The van der Waals surface area contributed by atoms with E-state index in [9.17, 15) is 4.79 Å². The van der Waals surface area contributed by atoms with Gasteiger partial charge in [0.05, 0.1) is 6.10 Å². The fourth-order valence-corrected chi connectivity index (χ4v) is 4.46. The van der Waals surface area contributed by atoms with Gasteiger partial charge in [0, 0.05) is 54.5 Å². The molecule has 0 spiro atoms. The zero-order chi connectivity index (χ0) is 24.8. The number of pyridine rings is 1. The minimum absolute atomic E-state index is 0.171. The van der Waals surface area contributed by atoms with Crippen LogP contribution >= 0.6 is 23.2 Å². The lowest BCUT2D eigenvalue weighted by atomic mass is 10.1. The molecule has 3 aromatic rings. The summed E-state index contributed by atoms with van der Waals surface area (Å²) in [7, 11) is 0. The van der Waals surface area contributed by atoms with Crippen LogP contribution in [0.3, 0.4) is 0 Å². The minimum atomic E-state index is -0.331. The summed E-state index contributed by atoms with van der Waals surface area (Å²) in [6, 6.07) is 17.1. The molecule has 0 unspecified atom stereocenters. The average Bonchev–Trinajstić information content (AvgIpc) is 2.84. The molecular weight excluding hydrogens is 485 g/mol. The lowest BCUT2D eigenvalue weighted by Gasteiger charge is -2.36. The van der Waals surface area contributed by atoms with E-state index in [0.29, 0.717) is 28.0 Å². The van der Waals surface area contributed by atoms with E-state index >= 15 is 0 Å². The highest BCUT2D eigenvalue weighted by molar-refractivity contribution is 6.35. The fourth-order valence-electron chi connectivity index (χ4n) is 4.00. The van der Waals surface area contributed by atoms with E-state index in [1.807, 2.05) is 38.1 Å². The number of nitrogens with zero attached hydrogens (tertiary/aromatic N) is 3. The molecular formula is C27H29Cl2N3O3. The Morgan fingerprint density at radius 2 is 1.83 bits per heavy atom. The first-order valence-electron chi connectivity index (χ1n) is 11.7. The maximum Gasteiger partial charge on any atom is 0.342 e. The van der Waals surface area contributed by atoms with E-state index in [1.54, 1.807) is 24.4 Å². The molecule has 0 N–H and O–H groups in total. The van der Waals surface area contributed by atoms with Crippen LogP contribution in [0.25, 0.3) is 0 Å². The number of carbonyl (C=O) groups is 1. The molecule has 0 amide bonds. The molecule has 1 fully saturated rings. The van der Waals surface area contributed by atoms with Gasteiger partial charge in [0.2, 0.25) is 0 Å². The third-order valence-electron chi connectivity index (χ3n) is 5.74. The van der Waals surface area contributed by atoms with Gasteiger partial charge in [-0.2, -0.15) is 0 Å². The van der Waals surface area contributed by atoms with E-state index in [2.05, 4.69) is 26.9 Å². The van der Waals surface area contributed by atoms with E-state index < -0.39 is 0 Å². The number of anilines is 1. The molecule has 35 heavy (non-hydrogen) atoms. The molecule has 0 saturated carbocycles. The molecule has 0 bridgehead atoms. The van der Waals surface area contributed by atoms with Gasteiger partial charge in [0.1, 0.15) is 23.7 Å². The smallest absolute Gasteiger partial charge is 0.342 e. The summed E-state index contributed by atoms with van der Waals surface area (Å²) in [5, 5.41) is 1.20. The molecule has 4 rings (SSSR count). The van der Waals surface area contributed by atoms with Crippen LogP contribution in [0.1, 0.15) is 35.3 Å². The normalized spacial score (nSPS) is 14.3. The molecule has 1 aromatic heterocycles. The molecule has 2 heterocycles. The number of ether oxygens (including phenoxy) is 2. The zero-order valence-corrected chi connectivity index (χ0v) is 21.4. The number of benzene rings is 2. The van der Waals surface area contributed by atoms with Crippen LogP contribution in [0.5, 0.6) is 5.75 Å². The van der Waals surface area contributed by atoms with E-state index in [4.69, 9.17) is 32.7 Å². The molecule has 2 aromatic carbocycles. The maximum absolute atomic E-state index is 12.5. The summed E-state index contributed by atoms with van der Waals surface area (Å²) in [5.41, 5.74) is 2.58. The predicted molar refractivity (Wildman–Crippen MR) is 140 cm³/mol. The van der Waals surface area contributed by atoms with Crippen LogP contribution in [-0.2, 0) is 17.9 Å². The van der Waals surface area contributed by atoms with Gasteiger partial charge in [0.15, 0.2) is 0 Å². The lowest BCUT2D eigenvalue weighted by molar-refractivity contribution is 0.0378. The lowest BCUT2D eigenvalue weighted by Crippen LogP contribution is -2.46. The third kappa shape index (κ3) is 6.88. The van der Waals surface area contributed by atoms with E-state index in [1.165, 1.54) is 5.56 Å². The Balaban J connectivity index is 1.33. The quantitative estimate of drug-likeness (QED) is 0.352. The minimum Gasteiger partial charge on any atom is -0.489 e. The number of esters is 1. The van der Waals surface area contributed by atoms with Crippen molar-refractivity contribution in [3.63, 3.8) is 0 Å². The Morgan fingerprint density at radius 1 is 1.03 bits per heavy atom. The van der Waals surface area contributed by atoms with Crippen molar-refractivity contribution in [1.82, 2.24) is 9.88 Å². The van der Waals surface area contributed by atoms with Crippen LogP contribution in [0, 0.1) is 0 Å². The molecule has 8 heteroatoms. The number of hydrogen-bond acceptors (Lipinski definition) is 6. The maximum atomic E-state index is 12.5. The number of hydrogen-bond donors (Lipinski definition) is 0. The second-order valence-corrected chi connectivity index (χ2v) is 9.61. The molecule has 0 atom stereocenters. The number of halogens is 2. The van der Waals surface area contributed by atoms with Crippen LogP contribution in [0.4, 0.5) is 5.82 Å². The number of piperazine rings is 1. The summed E-state index contributed by atoms with van der Waals surface area (Å²) in [5.74, 6) is 1.16. The van der Waals surface area contributed by atoms with E-state index in [-0.39, 0.29) is 12.1 Å². The van der Waals surface area contributed by atoms with Crippen molar-refractivity contribution in [2.24, 2.45) is 0 Å². The van der Waals surface area contributed by atoms with Gasteiger partial charge in [-0.15, -0.1) is 0 Å². The SMILES string of the molecule is CC(C)OC(=O)c1cccnc1N1CCN(Cc2cccc(OCc3ccc(Cl)cc3Cl)c2)CC1. The van der Waals surface area contributed by atoms with Crippen molar-refractivity contribution in [3.8, 4) is 5.75 Å². The second-order valence-electron chi connectivity index (χ2n) is 8.76. The van der Waals surface area contributed by atoms with Gasteiger partial charge < -0.3 is 14.4 Å². The van der Waals surface area contributed by atoms with Gasteiger partial charge in [-0.25, -0.2) is 9.78 Å². The Labute approximate surface area is 216 Å². The van der Waals surface area contributed by atoms with Gasteiger partial charge >= 0.3 is 5.97 Å². The van der Waals surface area contributed by atoms with Crippen molar-refractivity contribution in [1.29, 1.82) is 0 Å². The van der Waals surface area contributed by atoms with Crippen molar-refractivity contribution >= 4 is 35.0 Å². The number of rotatable bonds is 8. The fraction of sp³-hybridized carbons (Fsp3) is 0.333. The number of carbonyl (C=O) groups excluding carboxylic acids is 1. The first kappa shape index (κ1) is 25.3. The largest absolute Gasteiger partial charge is 0.489 e. The highest BCUT2D eigenvalue weighted by Gasteiger charge is 2.23. The average molecular weight is 514 g/mol. The summed E-state index contributed by atoms with van der Waals surface area (Å²) in [4.78, 5) is 21.5. The Bertz CT molecular complexity index is 1160. The Hall–Kier alpha value is -2.80. The van der Waals surface area contributed by atoms with Crippen LogP contribution < -0.4 is 9.64 Å². The molecule has 0 radical (unpaired) electrons. The van der Waals surface area contributed by atoms with Crippen molar-refractivity contribution in [2.45, 2.75) is 33.1 Å². The third-order valence-corrected chi connectivity index (χ3v) is 6.32. The zero-order valence-electron chi connectivity index (χ0n) is 19.9. The van der Waals surface area contributed by atoms with Crippen LogP contribution in [0.2, 0.25) is 10.0 Å². The topological polar surface area (TPSA) is 54.9 Å². The Kier molecular flexibility index (Phi) is 8.50. The first-order chi connectivity index (χ1) is 16.9. The van der Waals surface area contributed by atoms with Crippen molar-refractivity contribution < 1.29 is 14.3 Å². The second kappa shape index (κ2) is 11.8. The number of aromatic nitrogens is 1.